The number of hydrogen-bond donors (Lipinski definition) is 2. The molecule has 0 spiro atoms. The summed E-state index contributed by atoms with van der Waals surface area (Å²) in [5.41, 5.74) is 0.183. The number of aromatic carboxylic acids is 1. The normalized spacial score (nSPS) is 10.7. The molecule has 7 heteroatoms. The topological polar surface area (TPSA) is 87.5 Å². The Hall–Kier alpha value is -1.82. The predicted octanol–water partition coefficient (Wildman–Crippen LogP) is 0.460. The van der Waals surface area contributed by atoms with Gasteiger partial charge in [0.05, 0.1) is 11.6 Å². The maximum atomic E-state index is 11.4. The Bertz CT molecular complexity index is 586. The van der Waals surface area contributed by atoms with E-state index in [9.17, 15) is 9.59 Å². The van der Waals surface area contributed by atoms with Crippen LogP contribution in [0.5, 0.6) is 0 Å². The number of aromatic nitrogens is 3. The van der Waals surface area contributed by atoms with E-state index in [0.717, 1.165) is 4.52 Å². The lowest BCUT2D eigenvalue weighted by molar-refractivity contribution is 0.0690. The van der Waals surface area contributed by atoms with Crippen molar-refractivity contribution in [2.75, 3.05) is 0 Å². The third-order valence-electron chi connectivity index (χ3n) is 1.87. The van der Waals surface area contributed by atoms with Gasteiger partial charge in [-0.25, -0.2) is 14.3 Å². The number of nitrogens with zero attached hydrogens (tertiary/aromatic N) is 2. The van der Waals surface area contributed by atoms with E-state index in [-0.39, 0.29) is 22.8 Å². The van der Waals surface area contributed by atoms with Crippen molar-refractivity contribution in [3.8, 4) is 0 Å². The van der Waals surface area contributed by atoms with E-state index >= 15 is 0 Å². The molecule has 0 aromatic carbocycles. The highest BCUT2D eigenvalue weighted by molar-refractivity contribution is 6.16. The van der Waals surface area contributed by atoms with Gasteiger partial charge in [-0.1, -0.05) is 0 Å². The van der Waals surface area contributed by atoms with Crippen LogP contribution in [-0.4, -0.2) is 25.7 Å². The Balaban J connectivity index is 2.75. The maximum Gasteiger partial charge on any atom is 0.353 e. The fourth-order valence-electron chi connectivity index (χ4n) is 1.22. The van der Waals surface area contributed by atoms with E-state index in [1.165, 1.54) is 12.1 Å². The second kappa shape index (κ2) is 3.39. The van der Waals surface area contributed by atoms with Crippen LogP contribution >= 0.6 is 11.6 Å². The van der Waals surface area contributed by atoms with Crippen molar-refractivity contribution >= 4 is 23.2 Å². The van der Waals surface area contributed by atoms with Gasteiger partial charge in [0.2, 0.25) is 0 Å². The minimum atomic E-state index is -1.15. The molecule has 0 aliphatic heterocycles. The minimum Gasteiger partial charge on any atom is -0.477 e. The molecule has 6 nitrogen and oxygen atoms in total. The number of fused-ring (bicyclic) bond motifs is 1. The number of carbonyl (C=O) groups is 1. The van der Waals surface area contributed by atoms with E-state index in [4.69, 9.17) is 16.7 Å². The van der Waals surface area contributed by atoms with Gasteiger partial charge < -0.3 is 5.11 Å². The van der Waals surface area contributed by atoms with Gasteiger partial charge in [-0.05, 0) is 0 Å². The summed E-state index contributed by atoms with van der Waals surface area (Å²) in [7, 11) is 0. The zero-order valence-corrected chi connectivity index (χ0v) is 8.15. The Labute approximate surface area is 88.1 Å². The number of H-pyrrole nitrogens is 1. The number of rotatable bonds is 2. The van der Waals surface area contributed by atoms with Gasteiger partial charge in [0.15, 0.2) is 5.65 Å². The monoisotopic (exact) mass is 227 g/mol. The summed E-state index contributed by atoms with van der Waals surface area (Å²) in [5.74, 6) is -1.04. The van der Waals surface area contributed by atoms with Gasteiger partial charge in [0.1, 0.15) is 5.69 Å². The first kappa shape index (κ1) is 9.72. The lowest BCUT2D eigenvalue weighted by Crippen LogP contribution is -2.15. The molecule has 78 valence electrons. The average Bonchev–Trinajstić information content (AvgIpc) is 2.61. The van der Waals surface area contributed by atoms with Crippen molar-refractivity contribution in [1.29, 1.82) is 0 Å². The summed E-state index contributed by atoms with van der Waals surface area (Å²) in [4.78, 5) is 26.1. The fraction of sp³-hybridized carbons (Fsp3) is 0.125. The molecule has 0 unspecified atom stereocenters. The second-order valence-corrected chi connectivity index (χ2v) is 3.16. The number of carboxylic acids is 1. The lowest BCUT2D eigenvalue weighted by atomic mass is 10.4. The summed E-state index contributed by atoms with van der Waals surface area (Å²) in [6.45, 7) is 0. The van der Waals surface area contributed by atoms with Crippen molar-refractivity contribution in [3.63, 3.8) is 0 Å². The molecule has 0 fully saturated rings. The molecule has 2 aromatic rings. The molecule has 2 heterocycles. The molecule has 2 aromatic heterocycles. The molecule has 0 aliphatic carbocycles. The molecular weight excluding hydrogens is 222 g/mol. The summed E-state index contributed by atoms with van der Waals surface area (Å²) >= 11 is 5.53. The van der Waals surface area contributed by atoms with Crippen LogP contribution in [0, 0.1) is 0 Å². The third kappa shape index (κ3) is 1.59. The molecule has 0 bridgehead atoms. The van der Waals surface area contributed by atoms with Crippen LogP contribution < -0.4 is 5.56 Å². The first-order valence-electron chi connectivity index (χ1n) is 4.03. The van der Waals surface area contributed by atoms with Gasteiger partial charge in [0.25, 0.3) is 5.56 Å². The molecule has 2 rings (SSSR count). The molecule has 0 amide bonds. The van der Waals surface area contributed by atoms with E-state index in [1.807, 2.05) is 0 Å². The van der Waals surface area contributed by atoms with Crippen LogP contribution in [0.1, 0.15) is 16.2 Å². The number of carboxylic acid groups (broad SMARTS) is 1. The molecule has 0 saturated heterocycles. The number of nitrogens with one attached hydrogen (secondary N) is 1. The molecule has 0 saturated carbocycles. The molecule has 0 aliphatic rings. The zero-order chi connectivity index (χ0) is 11.0. The van der Waals surface area contributed by atoms with Crippen molar-refractivity contribution in [1.82, 2.24) is 14.6 Å². The Morgan fingerprint density at radius 1 is 1.60 bits per heavy atom. The van der Waals surface area contributed by atoms with Crippen LogP contribution in [0.4, 0.5) is 0 Å². The molecule has 2 N–H and O–H groups in total. The van der Waals surface area contributed by atoms with Gasteiger partial charge in [-0.15, -0.1) is 11.6 Å². The van der Waals surface area contributed by atoms with Gasteiger partial charge >= 0.3 is 5.97 Å². The quantitative estimate of drug-likeness (QED) is 0.730. The molecule has 15 heavy (non-hydrogen) atoms. The third-order valence-corrected chi connectivity index (χ3v) is 2.14. The zero-order valence-electron chi connectivity index (χ0n) is 7.40. The van der Waals surface area contributed by atoms with E-state index in [0.29, 0.717) is 5.69 Å². The number of halogens is 1. The smallest absolute Gasteiger partial charge is 0.353 e. The highest BCUT2D eigenvalue weighted by Crippen LogP contribution is 2.04. The average molecular weight is 228 g/mol. The first-order valence-corrected chi connectivity index (χ1v) is 4.56. The highest BCUT2D eigenvalue weighted by Gasteiger charge is 2.10. The van der Waals surface area contributed by atoms with Crippen LogP contribution in [0.2, 0.25) is 0 Å². The van der Waals surface area contributed by atoms with Gasteiger partial charge in [0, 0.05) is 12.1 Å². The summed E-state index contributed by atoms with van der Waals surface area (Å²) in [5, 5.41) is 11.1. The molecule has 0 atom stereocenters. The van der Waals surface area contributed by atoms with Crippen LogP contribution in [0.15, 0.2) is 16.9 Å². The van der Waals surface area contributed by atoms with Gasteiger partial charge in [-0.3, -0.25) is 9.89 Å². The largest absolute Gasteiger partial charge is 0.477 e. The number of alkyl halides is 1. The summed E-state index contributed by atoms with van der Waals surface area (Å²) in [6.07, 6.45) is 0. The van der Waals surface area contributed by atoms with Crippen molar-refractivity contribution in [2.24, 2.45) is 0 Å². The Morgan fingerprint density at radius 2 is 2.33 bits per heavy atom. The summed E-state index contributed by atoms with van der Waals surface area (Å²) in [6, 6.07) is 2.53. The molecular formula is C8H6ClN3O3. The van der Waals surface area contributed by atoms with Crippen molar-refractivity contribution < 1.29 is 9.90 Å². The standard InChI is InChI=1S/C8H6ClN3O3/c9-3-4-1-7(13)12-6(10-4)2-5(11-12)8(14)15/h1-2,11H,3H2,(H,14,15). The van der Waals surface area contributed by atoms with Crippen LogP contribution in [-0.2, 0) is 5.88 Å². The molecule has 0 radical (unpaired) electrons. The van der Waals surface area contributed by atoms with Gasteiger partial charge in [-0.2, -0.15) is 0 Å². The van der Waals surface area contributed by atoms with Crippen molar-refractivity contribution in [3.05, 3.63) is 33.9 Å². The SMILES string of the molecule is O=C(O)c1cc2nc(CCl)cc(=O)n2[nH]1. The highest BCUT2D eigenvalue weighted by atomic mass is 35.5. The first-order chi connectivity index (χ1) is 7.11. The van der Waals surface area contributed by atoms with E-state index < -0.39 is 5.97 Å². The van der Waals surface area contributed by atoms with Crippen LogP contribution in [0.3, 0.4) is 0 Å². The van der Waals surface area contributed by atoms with Crippen LogP contribution in [0.25, 0.3) is 5.65 Å². The second-order valence-electron chi connectivity index (χ2n) is 2.89. The Morgan fingerprint density at radius 3 is 2.93 bits per heavy atom. The van der Waals surface area contributed by atoms with E-state index in [2.05, 4.69) is 10.1 Å². The number of hydrogen-bond acceptors (Lipinski definition) is 3. The summed E-state index contributed by atoms with van der Waals surface area (Å²) < 4.78 is 1.06. The van der Waals surface area contributed by atoms with E-state index in [1.54, 1.807) is 0 Å². The Kier molecular flexibility index (Phi) is 2.20. The fourth-order valence-corrected chi connectivity index (χ4v) is 1.36. The van der Waals surface area contributed by atoms with Crippen molar-refractivity contribution in [2.45, 2.75) is 5.88 Å². The number of aromatic amines is 1. The lowest BCUT2D eigenvalue weighted by Gasteiger charge is -1.94. The predicted molar refractivity (Wildman–Crippen MR) is 52.3 cm³/mol. The maximum absolute atomic E-state index is 11.4. The minimum absolute atomic E-state index is 0.0914.